The summed E-state index contributed by atoms with van der Waals surface area (Å²) in [4.78, 5) is 11.6. The Balaban J connectivity index is 1.34. The molecule has 0 amide bonds. The van der Waals surface area contributed by atoms with Crippen molar-refractivity contribution < 1.29 is 0 Å². The van der Waals surface area contributed by atoms with Crippen LogP contribution < -0.4 is 5.32 Å². The largest absolute Gasteiger partial charge is 0.361 e. The molecule has 4 rings (SSSR count). The van der Waals surface area contributed by atoms with Crippen molar-refractivity contribution in [2.45, 2.75) is 13.3 Å². The fourth-order valence-electron chi connectivity index (χ4n) is 2.87. The highest BCUT2D eigenvalue weighted by molar-refractivity contribution is 8.14. The summed E-state index contributed by atoms with van der Waals surface area (Å²) in [7, 11) is 2.10. The first-order chi connectivity index (χ1) is 12.7. The van der Waals surface area contributed by atoms with E-state index in [0.717, 1.165) is 46.8 Å². The molecule has 2 heterocycles. The molecule has 3 aromatic rings. The molecule has 26 heavy (non-hydrogen) atoms. The van der Waals surface area contributed by atoms with Gasteiger partial charge >= 0.3 is 0 Å². The predicted molar refractivity (Wildman–Crippen MR) is 115 cm³/mol. The van der Waals surface area contributed by atoms with Crippen LogP contribution in [-0.2, 0) is 6.42 Å². The number of anilines is 1. The maximum Gasteiger partial charge on any atom is 0.183 e. The molecular formula is C20H22N4S2. The number of thioether (sulfide) groups is 1. The third kappa shape index (κ3) is 4.02. The molecule has 0 spiro atoms. The van der Waals surface area contributed by atoms with Crippen LogP contribution in [0.25, 0.3) is 10.2 Å². The Morgan fingerprint density at radius 3 is 2.81 bits per heavy atom. The summed E-state index contributed by atoms with van der Waals surface area (Å²) in [5, 5.41) is 5.56. The highest BCUT2D eigenvalue weighted by Crippen LogP contribution is 2.26. The minimum absolute atomic E-state index is 0.880. The molecule has 1 fully saturated rings. The van der Waals surface area contributed by atoms with Gasteiger partial charge < -0.3 is 10.2 Å². The molecule has 0 unspecified atom stereocenters. The summed E-state index contributed by atoms with van der Waals surface area (Å²) < 4.78 is 1.24. The molecule has 2 aromatic carbocycles. The first-order valence-electron chi connectivity index (χ1n) is 8.80. The fourth-order valence-corrected chi connectivity index (χ4v) is 4.89. The van der Waals surface area contributed by atoms with Gasteiger partial charge in [0, 0.05) is 25.9 Å². The van der Waals surface area contributed by atoms with Crippen molar-refractivity contribution in [2.24, 2.45) is 4.99 Å². The van der Waals surface area contributed by atoms with Crippen molar-refractivity contribution in [1.29, 1.82) is 0 Å². The Hall–Kier alpha value is -2.05. The van der Waals surface area contributed by atoms with Crippen molar-refractivity contribution in [2.75, 3.05) is 31.2 Å². The molecule has 4 nitrogen and oxygen atoms in total. The van der Waals surface area contributed by atoms with Crippen LogP contribution in [0.2, 0.25) is 0 Å². The van der Waals surface area contributed by atoms with E-state index >= 15 is 0 Å². The second-order valence-corrected chi connectivity index (χ2v) is 8.59. The van der Waals surface area contributed by atoms with Crippen LogP contribution in [0.5, 0.6) is 0 Å². The van der Waals surface area contributed by atoms with Crippen LogP contribution >= 0.6 is 23.1 Å². The van der Waals surface area contributed by atoms with Gasteiger partial charge in [-0.25, -0.2) is 9.98 Å². The Morgan fingerprint density at radius 2 is 2.04 bits per heavy atom. The third-order valence-corrected chi connectivity index (χ3v) is 6.40. The lowest BCUT2D eigenvalue weighted by Gasteiger charge is -2.09. The van der Waals surface area contributed by atoms with E-state index in [4.69, 9.17) is 4.99 Å². The van der Waals surface area contributed by atoms with Crippen molar-refractivity contribution in [3.8, 4) is 0 Å². The van der Waals surface area contributed by atoms with Crippen LogP contribution in [0.3, 0.4) is 0 Å². The molecule has 1 saturated heterocycles. The second kappa shape index (κ2) is 7.68. The zero-order chi connectivity index (χ0) is 17.9. The van der Waals surface area contributed by atoms with Crippen LogP contribution in [-0.4, -0.2) is 40.9 Å². The van der Waals surface area contributed by atoms with Gasteiger partial charge in [0.1, 0.15) is 0 Å². The van der Waals surface area contributed by atoms with Crippen molar-refractivity contribution >= 4 is 49.3 Å². The number of hydrogen-bond donors (Lipinski definition) is 1. The minimum Gasteiger partial charge on any atom is -0.361 e. The van der Waals surface area contributed by atoms with Gasteiger partial charge in [0.25, 0.3) is 0 Å². The highest BCUT2D eigenvalue weighted by Gasteiger charge is 2.14. The molecule has 0 aliphatic carbocycles. The van der Waals surface area contributed by atoms with E-state index in [1.165, 1.54) is 15.8 Å². The second-order valence-electron chi connectivity index (χ2n) is 6.50. The summed E-state index contributed by atoms with van der Waals surface area (Å²) in [6, 6.07) is 14.9. The molecule has 1 N–H and O–H groups in total. The van der Waals surface area contributed by atoms with Crippen molar-refractivity contribution in [3.63, 3.8) is 0 Å². The van der Waals surface area contributed by atoms with Gasteiger partial charge in [-0.15, -0.1) is 0 Å². The fraction of sp³-hybridized carbons (Fsp3) is 0.300. The molecule has 0 atom stereocenters. The van der Waals surface area contributed by atoms with Gasteiger partial charge in [0.15, 0.2) is 10.3 Å². The normalized spacial score (nSPS) is 15.9. The molecule has 134 valence electrons. The number of aliphatic imine (C=N–C) groups is 1. The molecule has 6 heteroatoms. The van der Waals surface area contributed by atoms with Crippen LogP contribution in [0.1, 0.15) is 11.1 Å². The predicted octanol–water partition coefficient (Wildman–Crippen LogP) is 4.93. The van der Waals surface area contributed by atoms with E-state index in [1.54, 1.807) is 11.3 Å². The van der Waals surface area contributed by atoms with Gasteiger partial charge in [-0.1, -0.05) is 41.3 Å². The SMILES string of the molecule is Cc1ccc2nc(NCCc3ccc(N=C4SCCN4C)cc3)sc2c1. The lowest BCUT2D eigenvalue weighted by molar-refractivity contribution is 0.563. The van der Waals surface area contributed by atoms with Crippen LogP contribution in [0.15, 0.2) is 47.5 Å². The van der Waals surface area contributed by atoms with Crippen LogP contribution in [0.4, 0.5) is 10.8 Å². The number of hydrogen-bond acceptors (Lipinski definition) is 5. The average Bonchev–Trinajstić information content (AvgIpc) is 3.22. The molecular weight excluding hydrogens is 360 g/mol. The van der Waals surface area contributed by atoms with Crippen LogP contribution in [0, 0.1) is 6.92 Å². The molecule has 1 aliphatic rings. The standard InChI is InChI=1S/C20H22N4S2/c1-14-3-8-17-18(13-14)26-19(23-17)21-10-9-15-4-6-16(7-5-15)22-20-24(2)11-12-25-20/h3-8,13H,9-12H2,1-2H3,(H,21,23). The van der Waals surface area contributed by atoms with Gasteiger partial charge in [-0.3, -0.25) is 0 Å². The molecule has 0 bridgehead atoms. The topological polar surface area (TPSA) is 40.5 Å². The average molecular weight is 383 g/mol. The maximum absolute atomic E-state index is 4.72. The number of fused-ring (bicyclic) bond motifs is 1. The number of nitrogens with zero attached hydrogens (tertiary/aromatic N) is 3. The number of benzene rings is 2. The van der Waals surface area contributed by atoms with E-state index in [-0.39, 0.29) is 0 Å². The van der Waals surface area contributed by atoms with Gasteiger partial charge in [-0.05, 0) is 48.7 Å². The zero-order valence-corrected chi connectivity index (χ0v) is 16.7. The Labute approximate surface area is 162 Å². The molecule has 1 aliphatic heterocycles. The number of aryl methyl sites for hydroxylation is 1. The summed E-state index contributed by atoms with van der Waals surface area (Å²) in [6.07, 6.45) is 0.973. The van der Waals surface area contributed by atoms with E-state index in [9.17, 15) is 0 Å². The first-order valence-corrected chi connectivity index (χ1v) is 10.6. The van der Waals surface area contributed by atoms with E-state index in [1.807, 2.05) is 11.8 Å². The molecule has 0 radical (unpaired) electrons. The highest BCUT2D eigenvalue weighted by atomic mass is 32.2. The smallest absolute Gasteiger partial charge is 0.183 e. The summed E-state index contributed by atoms with van der Waals surface area (Å²) in [5.41, 5.74) is 4.69. The van der Waals surface area contributed by atoms with E-state index in [2.05, 4.69) is 71.6 Å². The Kier molecular flexibility index (Phi) is 5.13. The number of rotatable bonds is 5. The molecule has 1 aromatic heterocycles. The van der Waals surface area contributed by atoms with Gasteiger partial charge in [0.2, 0.25) is 0 Å². The maximum atomic E-state index is 4.72. The zero-order valence-electron chi connectivity index (χ0n) is 15.0. The first kappa shape index (κ1) is 17.4. The monoisotopic (exact) mass is 382 g/mol. The lowest BCUT2D eigenvalue weighted by atomic mass is 10.1. The number of aromatic nitrogens is 1. The van der Waals surface area contributed by atoms with Crippen molar-refractivity contribution in [3.05, 3.63) is 53.6 Å². The Bertz CT molecular complexity index is 931. The van der Waals surface area contributed by atoms with Crippen molar-refractivity contribution in [1.82, 2.24) is 9.88 Å². The summed E-state index contributed by atoms with van der Waals surface area (Å²) in [5.74, 6) is 1.13. The number of thiazole rings is 1. The third-order valence-electron chi connectivity index (χ3n) is 4.38. The Morgan fingerprint density at radius 1 is 1.19 bits per heavy atom. The summed E-state index contributed by atoms with van der Waals surface area (Å²) >= 11 is 3.54. The summed E-state index contributed by atoms with van der Waals surface area (Å²) in [6.45, 7) is 4.08. The minimum atomic E-state index is 0.880. The van der Waals surface area contributed by atoms with Gasteiger partial charge in [-0.2, -0.15) is 0 Å². The number of amidine groups is 1. The lowest BCUT2D eigenvalue weighted by Crippen LogP contribution is -2.17. The molecule has 0 saturated carbocycles. The quantitative estimate of drug-likeness (QED) is 0.679. The van der Waals surface area contributed by atoms with E-state index in [0.29, 0.717) is 0 Å². The van der Waals surface area contributed by atoms with E-state index < -0.39 is 0 Å². The number of nitrogens with one attached hydrogen (secondary N) is 1. The van der Waals surface area contributed by atoms with Gasteiger partial charge in [0.05, 0.1) is 15.9 Å².